The van der Waals surface area contributed by atoms with Gasteiger partial charge in [-0.25, -0.2) is 8.42 Å². The van der Waals surface area contributed by atoms with E-state index in [1.165, 1.54) is 29.2 Å². The molecule has 0 aliphatic carbocycles. The lowest BCUT2D eigenvalue weighted by atomic mass is 10.0. The first kappa shape index (κ1) is 36.3. The van der Waals surface area contributed by atoms with Gasteiger partial charge in [-0.1, -0.05) is 84.2 Å². The van der Waals surface area contributed by atoms with Crippen LogP contribution in [0, 0.1) is 13.8 Å². The average molecular weight is 715 g/mol. The molecule has 0 aliphatic heterocycles. The van der Waals surface area contributed by atoms with Gasteiger partial charge in [0, 0.05) is 39.6 Å². The second-order valence-corrected chi connectivity index (χ2v) is 14.6. The number of amides is 2. The van der Waals surface area contributed by atoms with E-state index in [0.29, 0.717) is 32.7 Å². The monoisotopic (exact) mass is 713 g/mol. The summed E-state index contributed by atoms with van der Waals surface area (Å²) in [5, 5.41) is 4.02. The second kappa shape index (κ2) is 16.0. The Morgan fingerprint density at radius 1 is 0.830 bits per heavy atom. The third kappa shape index (κ3) is 9.08. The van der Waals surface area contributed by atoms with E-state index in [2.05, 4.69) is 5.32 Å². The van der Waals surface area contributed by atoms with E-state index in [1.807, 2.05) is 58.0 Å². The molecule has 0 radical (unpaired) electrons. The first-order valence-corrected chi connectivity index (χ1v) is 17.8. The van der Waals surface area contributed by atoms with Gasteiger partial charge in [0.15, 0.2) is 0 Å². The fourth-order valence-corrected chi connectivity index (χ4v) is 7.04. The van der Waals surface area contributed by atoms with E-state index in [-0.39, 0.29) is 29.8 Å². The highest BCUT2D eigenvalue weighted by Crippen LogP contribution is 2.30. The molecular weight excluding hydrogens is 677 g/mol. The van der Waals surface area contributed by atoms with E-state index in [0.717, 1.165) is 21.0 Å². The summed E-state index contributed by atoms with van der Waals surface area (Å²) in [4.78, 5) is 30.0. The summed E-state index contributed by atoms with van der Waals surface area (Å²) < 4.78 is 29.5. The van der Waals surface area contributed by atoms with Crippen LogP contribution in [0.3, 0.4) is 0 Å². The zero-order valence-electron chi connectivity index (χ0n) is 26.7. The molecule has 47 heavy (non-hydrogen) atoms. The lowest BCUT2D eigenvalue weighted by Gasteiger charge is -2.34. The summed E-state index contributed by atoms with van der Waals surface area (Å²) >= 11 is 19.3. The third-order valence-electron chi connectivity index (χ3n) is 8.12. The zero-order valence-corrected chi connectivity index (χ0v) is 29.8. The van der Waals surface area contributed by atoms with Gasteiger partial charge in [0.1, 0.15) is 12.6 Å². The highest BCUT2D eigenvalue weighted by molar-refractivity contribution is 7.92. The van der Waals surface area contributed by atoms with Gasteiger partial charge in [0.25, 0.3) is 10.0 Å². The van der Waals surface area contributed by atoms with Crippen molar-refractivity contribution in [2.75, 3.05) is 10.8 Å². The maximum atomic E-state index is 14.7. The molecule has 4 rings (SSSR count). The van der Waals surface area contributed by atoms with Gasteiger partial charge in [-0.15, -0.1) is 0 Å². The second-order valence-electron chi connectivity index (χ2n) is 11.5. The number of aryl methyl sites for hydroxylation is 2. The Morgan fingerprint density at radius 3 is 2.06 bits per heavy atom. The van der Waals surface area contributed by atoms with Gasteiger partial charge < -0.3 is 10.2 Å². The summed E-state index contributed by atoms with van der Waals surface area (Å²) in [5.41, 5.74) is 3.37. The number of nitrogens with one attached hydrogen (secondary N) is 1. The van der Waals surface area contributed by atoms with Gasteiger partial charge in [0.05, 0.1) is 10.6 Å². The molecule has 7 nitrogen and oxygen atoms in total. The molecule has 0 aliphatic rings. The van der Waals surface area contributed by atoms with Crippen LogP contribution in [0.4, 0.5) is 5.69 Å². The van der Waals surface area contributed by atoms with Crippen LogP contribution in [-0.4, -0.2) is 43.8 Å². The summed E-state index contributed by atoms with van der Waals surface area (Å²) in [5.74, 6) is -0.991. The quantitative estimate of drug-likeness (QED) is 0.152. The van der Waals surface area contributed by atoms with Crippen molar-refractivity contribution < 1.29 is 18.0 Å². The number of anilines is 1. The largest absolute Gasteiger partial charge is 0.352 e. The fraction of sp³-hybridized carbons (Fsp3) is 0.278. The zero-order chi connectivity index (χ0) is 34.3. The third-order valence-corrected chi connectivity index (χ3v) is 10.9. The smallest absolute Gasteiger partial charge is 0.264 e. The molecule has 4 aromatic rings. The van der Waals surface area contributed by atoms with Crippen molar-refractivity contribution in [2.45, 2.75) is 64.1 Å². The van der Waals surface area contributed by atoms with Crippen molar-refractivity contribution >= 4 is 62.3 Å². The van der Waals surface area contributed by atoms with Crippen molar-refractivity contribution in [1.29, 1.82) is 0 Å². The maximum absolute atomic E-state index is 14.7. The highest BCUT2D eigenvalue weighted by Gasteiger charge is 2.35. The van der Waals surface area contributed by atoms with Crippen LogP contribution in [0.15, 0.2) is 95.9 Å². The Balaban J connectivity index is 1.86. The highest BCUT2D eigenvalue weighted by atomic mass is 35.5. The molecule has 11 heteroatoms. The normalized spacial score (nSPS) is 12.7. The molecular formula is C36H38Cl3N3O4S. The van der Waals surface area contributed by atoms with Crippen LogP contribution in [-0.2, 0) is 32.6 Å². The molecule has 0 unspecified atom stereocenters. The van der Waals surface area contributed by atoms with Crippen molar-refractivity contribution in [1.82, 2.24) is 10.2 Å². The lowest BCUT2D eigenvalue weighted by Crippen LogP contribution is -2.54. The van der Waals surface area contributed by atoms with E-state index in [4.69, 9.17) is 34.8 Å². The molecule has 0 spiro atoms. The Morgan fingerprint density at radius 2 is 1.47 bits per heavy atom. The van der Waals surface area contributed by atoms with Gasteiger partial charge in [-0.05, 0) is 92.4 Å². The first-order chi connectivity index (χ1) is 22.3. The molecule has 248 valence electrons. The Hall–Kier alpha value is -3.56. The van der Waals surface area contributed by atoms with Crippen LogP contribution >= 0.6 is 34.8 Å². The topological polar surface area (TPSA) is 86.8 Å². The summed E-state index contributed by atoms with van der Waals surface area (Å²) in [6.07, 6.45) is 0.846. The van der Waals surface area contributed by atoms with Crippen LogP contribution < -0.4 is 9.62 Å². The number of sulfonamides is 1. The molecule has 0 aromatic heterocycles. The number of benzene rings is 4. The number of hydrogen-bond acceptors (Lipinski definition) is 4. The number of halogens is 3. The van der Waals surface area contributed by atoms with E-state index >= 15 is 0 Å². The van der Waals surface area contributed by atoms with Crippen LogP contribution in [0.1, 0.15) is 42.5 Å². The molecule has 1 N–H and O–H groups in total. The van der Waals surface area contributed by atoms with Gasteiger partial charge in [-0.2, -0.15) is 0 Å². The molecule has 2 atom stereocenters. The van der Waals surface area contributed by atoms with Crippen molar-refractivity contribution in [3.8, 4) is 0 Å². The Labute approximate surface area is 292 Å². The van der Waals surface area contributed by atoms with Crippen LogP contribution in [0.5, 0.6) is 0 Å². The summed E-state index contributed by atoms with van der Waals surface area (Å²) in [6.45, 7) is 6.89. The van der Waals surface area contributed by atoms with Crippen molar-refractivity contribution in [3.63, 3.8) is 0 Å². The Bertz CT molecular complexity index is 1800. The number of carbonyl (C=O) groups excluding carboxylic acids is 2. The van der Waals surface area contributed by atoms with Crippen LogP contribution in [0.2, 0.25) is 15.1 Å². The van der Waals surface area contributed by atoms with Gasteiger partial charge in [-0.3, -0.25) is 13.9 Å². The lowest BCUT2D eigenvalue weighted by molar-refractivity contribution is -0.140. The van der Waals surface area contributed by atoms with E-state index in [9.17, 15) is 18.0 Å². The predicted octanol–water partition coefficient (Wildman–Crippen LogP) is 8.01. The first-order valence-electron chi connectivity index (χ1n) is 15.2. The van der Waals surface area contributed by atoms with Gasteiger partial charge >= 0.3 is 0 Å². The van der Waals surface area contributed by atoms with E-state index < -0.39 is 28.5 Å². The standard InChI is InChI=1S/C36H38Cl3N3O4S/c1-5-26(4)40-36(44)34(21-27-10-7-6-8-11-27)41(22-31-32(38)12-9-13-33(31)39)35(43)23-42(29-17-14-24(2)25(3)20-29)47(45,46)30-18-15-28(37)16-19-30/h6-20,26,34H,5,21-23H2,1-4H3,(H,40,44)/t26-,34+/m1/s1. The molecule has 4 aromatic carbocycles. The summed E-state index contributed by atoms with van der Waals surface area (Å²) in [7, 11) is -4.27. The fourth-order valence-electron chi connectivity index (χ4n) is 4.99. The molecule has 0 fully saturated rings. The molecule has 2 amide bonds. The number of carbonyl (C=O) groups is 2. The minimum atomic E-state index is -4.27. The molecule has 0 saturated heterocycles. The van der Waals surface area contributed by atoms with E-state index in [1.54, 1.807) is 36.4 Å². The molecule has 0 heterocycles. The van der Waals surface area contributed by atoms with Crippen molar-refractivity contribution in [3.05, 3.63) is 128 Å². The maximum Gasteiger partial charge on any atom is 0.264 e. The predicted molar refractivity (Wildman–Crippen MR) is 191 cm³/mol. The molecule has 0 bridgehead atoms. The minimum absolute atomic E-state index is 0.0380. The number of rotatable bonds is 13. The van der Waals surface area contributed by atoms with Crippen LogP contribution in [0.25, 0.3) is 0 Å². The number of nitrogens with zero attached hydrogens (tertiary/aromatic N) is 2. The Kier molecular flexibility index (Phi) is 12.4. The molecule has 0 saturated carbocycles. The number of hydrogen-bond donors (Lipinski definition) is 1. The SMILES string of the molecule is CC[C@@H](C)NC(=O)[C@H](Cc1ccccc1)N(Cc1c(Cl)cccc1Cl)C(=O)CN(c1ccc(C)c(C)c1)S(=O)(=O)c1ccc(Cl)cc1. The average Bonchev–Trinajstić information content (AvgIpc) is 3.04. The summed E-state index contributed by atoms with van der Waals surface area (Å²) in [6, 6.07) is 24.1. The van der Waals surface area contributed by atoms with Crippen molar-refractivity contribution in [2.24, 2.45) is 0 Å². The minimum Gasteiger partial charge on any atom is -0.352 e. The van der Waals surface area contributed by atoms with Gasteiger partial charge in [0.2, 0.25) is 11.8 Å².